The molecule has 0 aromatic heterocycles. The zero-order chi connectivity index (χ0) is 13.2. The smallest absolute Gasteiger partial charge is 0.414 e. The van der Waals surface area contributed by atoms with E-state index in [-0.39, 0.29) is 5.56 Å². The van der Waals surface area contributed by atoms with Crippen molar-refractivity contribution in [3.05, 3.63) is 33.9 Å². The molecule has 8 heteroatoms. The van der Waals surface area contributed by atoms with Crippen LogP contribution in [-0.2, 0) is 6.42 Å². The van der Waals surface area contributed by atoms with Gasteiger partial charge in [-0.3, -0.25) is 10.1 Å². The van der Waals surface area contributed by atoms with Crippen LogP contribution in [0.1, 0.15) is 5.56 Å². The molecule has 1 atom stereocenters. The Bertz CT molecular complexity index is 433. The third-order valence-electron chi connectivity index (χ3n) is 2.04. The van der Waals surface area contributed by atoms with Crippen molar-refractivity contribution in [1.29, 1.82) is 0 Å². The molecule has 0 saturated carbocycles. The highest BCUT2D eigenvalue weighted by Gasteiger charge is 2.38. The number of aromatic hydroxyl groups is 1. The number of benzene rings is 1. The van der Waals surface area contributed by atoms with Crippen molar-refractivity contribution in [2.45, 2.75) is 18.7 Å². The lowest BCUT2D eigenvalue weighted by Crippen LogP contribution is -2.30. The third-order valence-corrected chi connectivity index (χ3v) is 2.04. The SMILES string of the molecule is O=[N+]([O-])c1cc(CC(O)C(F)(F)F)ccc1O. The van der Waals surface area contributed by atoms with Crippen molar-refractivity contribution in [2.24, 2.45) is 0 Å². The van der Waals surface area contributed by atoms with Crippen molar-refractivity contribution in [1.82, 2.24) is 0 Å². The first-order valence-electron chi connectivity index (χ1n) is 4.43. The van der Waals surface area contributed by atoms with Gasteiger partial charge in [-0.1, -0.05) is 6.07 Å². The van der Waals surface area contributed by atoms with Gasteiger partial charge < -0.3 is 10.2 Å². The quantitative estimate of drug-likeness (QED) is 0.633. The Hall–Kier alpha value is -1.83. The molecule has 1 unspecified atom stereocenters. The molecular formula is C9H8F3NO4. The average molecular weight is 251 g/mol. The van der Waals surface area contributed by atoms with Crippen molar-refractivity contribution in [2.75, 3.05) is 0 Å². The number of nitro groups is 1. The maximum atomic E-state index is 12.0. The number of hydrogen-bond acceptors (Lipinski definition) is 4. The summed E-state index contributed by atoms with van der Waals surface area (Å²) >= 11 is 0. The van der Waals surface area contributed by atoms with Crippen molar-refractivity contribution in [3.63, 3.8) is 0 Å². The first-order valence-corrected chi connectivity index (χ1v) is 4.43. The molecule has 0 spiro atoms. The summed E-state index contributed by atoms with van der Waals surface area (Å²) in [5, 5.41) is 28.3. The van der Waals surface area contributed by atoms with Gasteiger partial charge in [0, 0.05) is 12.5 Å². The van der Waals surface area contributed by atoms with E-state index in [4.69, 9.17) is 10.2 Å². The van der Waals surface area contributed by atoms with Crippen LogP contribution in [0.3, 0.4) is 0 Å². The topological polar surface area (TPSA) is 83.6 Å². The van der Waals surface area contributed by atoms with E-state index in [0.717, 1.165) is 18.2 Å². The number of rotatable bonds is 3. The third kappa shape index (κ3) is 3.31. The van der Waals surface area contributed by atoms with Gasteiger partial charge in [0.15, 0.2) is 11.9 Å². The van der Waals surface area contributed by atoms with E-state index in [0.29, 0.717) is 0 Å². The zero-order valence-corrected chi connectivity index (χ0v) is 8.31. The molecule has 1 aromatic rings. The Morgan fingerprint density at radius 2 is 2.00 bits per heavy atom. The second-order valence-electron chi connectivity index (χ2n) is 3.34. The molecule has 94 valence electrons. The van der Waals surface area contributed by atoms with Crippen LogP contribution in [0.5, 0.6) is 5.75 Å². The van der Waals surface area contributed by atoms with Crippen molar-refractivity contribution >= 4 is 5.69 Å². The number of alkyl halides is 3. The van der Waals surface area contributed by atoms with Crippen LogP contribution in [0.4, 0.5) is 18.9 Å². The van der Waals surface area contributed by atoms with Crippen LogP contribution in [0.25, 0.3) is 0 Å². The average Bonchev–Trinajstić information content (AvgIpc) is 2.19. The molecule has 1 rings (SSSR count). The lowest BCUT2D eigenvalue weighted by molar-refractivity contribution is -0.385. The highest BCUT2D eigenvalue weighted by molar-refractivity contribution is 5.47. The second kappa shape index (κ2) is 4.58. The standard InChI is InChI=1S/C9H8F3NO4/c10-9(11,12)8(15)4-5-1-2-7(14)6(3-5)13(16)17/h1-3,8,14-15H,4H2. The molecule has 0 aliphatic rings. The fourth-order valence-corrected chi connectivity index (χ4v) is 1.18. The summed E-state index contributed by atoms with van der Waals surface area (Å²) in [5.41, 5.74) is -0.781. The molecule has 2 N–H and O–H groups in total. The van der Waals surface area contributed by atoms with E-state index in [2.05, 4.69) is 0 Å². The first-order chi connectivity index (χ1) is 7.71. The minimum Gasteiger partial charge on any atom is -0.502 e. The summed E-state index contributed by atoms with van der Waals surface area (Å²) in [6, 6.07) is 2.79. The van der Waals surface area contributed by atoms with Gasteiger partial charge in [-0.15, -0.1) is 0 Å². The van der Waals surface area contributed by atoms with Crippen LogP contribution in [-0.4, -0.2) is 27.4 Å². The summed E-state index contributed by atoms with van der Waals surface area (Å²) in [6.07, 6.45) is -8.18. The van der Waals surface area contributed by atoms with Crippen LogP contribution < -0.4 is 0 Å². The minimum atomic E-state index is -4.79. The molecular weight excluding hydrogens is 243 g/mol. The molecule has 17 heavy (non-hydrogen) atoms. The number of phenols is 1. The molecule has 1 aromatic carbocycles. The first kappa shape index (κ1) is 13.2. The number of hydrogen-bond donors (Lipinski definition) is 2. The number of aliphatic hydroxyl groups is 1. The number of phenolic OH excluding ortho intramolecular Hbond substituents is 1. The van der Waals surface area contributed by atoms with Gasteiger partial charge in [-0.2, -0.15) is 13.2 Å². The molecule has 0 fully saturated rings. The number of nitrogens with zero attached hydrogens (tertiary/aromatic N) is 1. The summed E-state index contributed by atoms with van der Waals surface area (Å²) in [7, 11) is 0. The Kier molecular flexibility index (Phi) is 3.56. The number of nitro benzene ring substituents is 1. The van der Waals surface area contributed by atoms with E-state index in [1.165, 1.54) is 0 Å². The summed E-state index contributed by atoms with van der Waals surface area (Å²) in [5.74, 6) is -0.639. The maximum absolute atomic E-state index is 12.0. The van der Waals surface area contributed by atoms with Gasteiger partial charge in [0.2, 0.25) is 0 Å². The molecule has 0 amide bonds. The zero-order valence-electron chi connectivity index (χ0n) is 8.31. The Morgan fingerprint density at radius 1 is 1.41 bits per heavy atom. The van der Waals surface area contributed by atoms with Crippen LogP contribution >= 0.6 is 0 Å². The normalized spacial score (nSPS) is 13.4. The van der Waals surface area contributed by atoms with E-state index in [9.17, 15) is 23.3 Å². The van der Waals surface area contributed by atoms with Crippen molar-refractivity contribution < 1.29 is 28.3 Å². The molecule has 0 radical (unpaired) electrons. The van der Waals surface area contributed by atoms with Gasteiger partial charge in [-0.05, 0) is 11.6 Å². The minimum absolute atomic E-state index is 0.0840. The maximum Gasteiger partial charge on any atom is 0.414 e. The molecule has 0 aliphatic heterocycles. The van der Waals surface area contributed by atoms with Crippen LogP contribution in [0, 0.1) is 10.1 Å². The molecule has 0 saturated heterocycles. The number of aliphatic hydroxyl groups excluding tert-OH is 1. The lowest BCUT2D eigenvalue weighted by Gasteiger charge is -2.14. The summed E-state index contributed by atoms with van der Waals surface area (Å²) in [4.78, 5) is 9.50. The van der Waals surface area contributed by atoms with Gasteiger partial charge in [0.25, 0.3) is 0 Å². The van der Waals surface area contributed by atoms with E-state index in [1.807, 2.05) is 0 Å². The predicted octanol–water partition coefficient (Wildman–Crippen LogP) is 1.77. The Balaban J connectivity index is 2.94. The van der Waals surface area contributed by atoms with Gasteiger partial charge >= 0.3 is 11.9 Å². The Morgan fingerprint density at radius 3 is 2.47 bits per heavy atom. The molecule has 0 bridgehead atoms. The largest absolute Gasteiger partial charge is 0.502 e. The van der Waals surface area contributed by atoms with Crippen LogP contribution in [0.15, 0.2) is 18.2 Å². The molecule has 0 heterocycles. The number of halogens is 3. The lowest BCUT2D eigenvalue weighted by atomic mass is 10.1. The fourth-order valence-electron chi connectivity index (χ4n) is 1.18. The van der Waals surface area contributed by atoms with Gasteiger partial charge in [-0.25, -0.2) is 0 Å². The van der Waals surface area contributed by atoms with Crippen LogP contribution in [0.2, 0.25) is 0 Å². The van der Waals surface area contributed by atoms with E-state index in [1.54, 1.807) is 0 Å². The summed E-state index contributed by atoms with van der Waals surface area (Å²) in [6.45, 7) is 0. The highest BCUT2D eigenvalue weighted by atomic mass is 19.4. The molecule has 0 aliphatic carbocycles. The van der Waals surface area contributed by atoms with Gasteiger partial charge in [0.05, 0.1) is 4.92 Å². The van der Waals surface area contributed by atoms with Gasteiger partial charge in [0.1, 0.15) is 0 Å². The Labute approximate surface area is 93.3 Å². The molecule has 5 nitrogen and oxygen atoms in total. The highest BCUT2D eigenvalue weighted by Crippen LogP contribution is 2.29. The van der Waals surface area contributed by atoms with E-state index < -0.39 is 35.1 Å². The summed E-state index contributed by atoms with van der Waals surface area (Å²) < 4.78 is 36.1. The second-order valence-corrected chi connectivity index (χ2v) is 3.34. The predicted molar refractivity (Wildman–Crippen MR) is 50.5 cm³/mol. The monoisotopic (exact) mass is 251 g/mol. The van der Waals surface area contributed by atoms with E-state index >= 15 is 0 Å². The fraction of sp³-hybridized carbons (Fsp3) is 0.333. The van der Waals surface area contributed by atoms with Crippen molar-refractivity contribution in [3.8, 4) is 5.75 Å².